The fourth-order valence-electron chi connectivity index (χ4n) is 2.16. The number of likely N-dealkylation sites (tertiary alicyclic amines) is 1. The SMILES string of the molecule is CCN1CCCCC1C(=O)N(C)CCO. The van der Waals surface area contributed by atoms with E-state index in [2.05, 4.69) is 11.8 Å². The van der Waals surface area contributed by atoms with E-state index in [0.29, 0.717) is 6.54 Å². The highest BCUT2D eigenvalue weighted by Gasteiger charge is 2.29. The van der Waals surface area contributed by atoms with Crippen molar-refractivity contribution in [1.82, 2.24) is 9.80 Å². The Labute approximate surface area is 91.9 Å². The average Bonchev–Trinajstić information content (AvgIpc) is 2.28. The third-order valence-corrected chi connectivity index (χ3v) is 3.12. The first-order valence-corrected chi connectivity index (χ1v) is 5.80. The number of rotatable bonds is 4. The highest BCUT2D eigenvalue weighted by Crippen LogP contribution is 2.18. The Morgan fingerprint density at radius 3 is 2.87 bits per heavy atom. The highest BCUT2D eigenvalue weighted by atomic mass is 16.3. The van der Waals surface area contributed by atoms with Gasteiger partial charge in [-0.1, -0.05) is 13.3 Å². The molecule has 1 saturated heterocycles. The van der Waals surface area contributed by atoms with E-state index in [0.717, 1.165) is 25.9 Å². The number of hydrogen-bond donors (Lipinski definition) is 1. The summed E-state index contributed by atoms with van der Waals surface area (Å²) >= 11 is 0. The Kier molecular flexibility index (Phi) is 5.05. The summed E-state index contributed by atoms with van der Waals surface area (Å²) in [6, 6.07) is 0.0419. The lowest BCUT2D eigenvalue weighted by Crippen LogP contribution is -2.50. The van der Waals surface area contributed by atoms with E-state index in [4.69, 9.17) is 5.11 Å². The maximum atomic E-state index is 12.0. The Morgan fingerprint density at radius 1 is 1.53 bits per heavy atom. The molecule has 1 aliphatic heterocycles. The van der Waals surface area contributed by atoms with Gasteiger partial charge in [0.05, 0.1) is 12.6 Å². The molecule has 4 nitrogen and oxygen atoms in total. The molecule has 0 aromatic carbocycles. The number of nitrogens with zero attached hydrogens (tertiary/aromatic N) is 2. The zero-order valence-electron chi connectivity index (χ0n) is 9.78. The van der Waals surface area contributed by atoms with Crippen LogP contribution in [0.3, 0.4) is 0 Å². The van der Waals surface area contributed by atoms with E-state index in [9.17, 15) is 4.79 Å². The quantitative estimate of drug-likeness (QED) is 0.732. The summed E-state index contributed by atoms with van der Waals surface area (Å²) in [5.41, 5.74) is 0. The second-order valence-electron chi connectivity index (χ2n) is 4.12. The van der Waals surface area contributed by atoms with Gasteiger partial charge in [0.2, 0.25) is 5.91 Å². The second kappa shape index (κ2) is 6.08. The smallest absolute Gasteiger partial charge is 0.239 e. The molecule has 0 aromatic heterocycles. The van der Waals surface area contributed by atoms with Gasteiger partial charge < -0.3 is 10.0 Å². The fraction of sp³-hybridized carbons (Fsp3) is 0.909. The predicted octanol–water partition coefficient (Wildman–Crippen LogP) is 0.311. The number of hydrogen-bond acceptors (Lipinski definition) is 3. The molecule has 1 amide bonds. The van der Waals surface area contributed by atoms with Crippen molar-refractivity contribution in [2.24, 2.45) is 0 Å². The Balaban J connectivity index is 2.55. The van der Waals surface area contributed by atoms with Crippen molar-refractivity contribution in [3.05, 3.63) is 0 Å². The molecule has 4 heteroatoms. The Bertz CT molecular complexity index is 209. The minimum atomic E-state index is 0.0419. The normalized spacial score (nSPS) is 22.7. The molecule has 0 aliphatic carbocycles. The minimum Gasteiger partial charge on any atom is -0.395 e. The summed E-state index contributed by atoms with van der Waals surface area (Å²) in [5, 5.41) is 8.80. The van der Waals surface area contributed by atoms with Gasteiger partial charge in [-0.3, -0.25) is 9.69 Å². The predicted molar refractivity (Wildman–Crippen MR) is 59.6 cm³/mol. The van der Waals surface area contributed by atoms with Gasteiger partial charge in [-0.05, 0) is 25.9 Å². The largest absolute Gasteiger partial charge is 0.395 e. The minimum absolute atomic E-state index is 0.0419. The summed E-state index contributed by atoms with van der Waals surface area (Å²) in [6.07, 6.45) is 3.30. The molecule has 1 aliphatic rings. The molecule has 0 bridgehead atoms. The fourth-order valence-corrected chi connectivity index (χ4v) is 2.16. The zero-order chi connectivity index (χ0) is 11.3. The molecule has 1 heterocycles. The standard InChI is InChI=1S/C11H22N2O2/c1-3-13-7-5-4-6-10(13)11(15)12(2)8-9-14/h10,14H,3-9H2,1-2H3. The first kappa shape index (κ1) is 12.5. The molecule has 1 N–H and O–H groups in total. The van der Waals surface area contributed by atoms with Crippen LogP contribution in [-0.4, -0.2) is 60.1 Å². The van der Waals surface area contributed by atoms with Crippen LogP contribution < -0.4 is 0 Å². The number of aliphatic hydroxyl groups excluding tert-OH is 1. The molecule has 0 saturated carbocycles. The lowest BCUT2D eigenvalue weighted by molar-refractivity contribution is -0.137. The van der Waals surface area contributed by atoms with E-state index in [-0.39, 0.29) is 18.6 Å². The lowest BCUT2D eigenvalue weighted by atomic mass is 10.0. The van der Waals surface area contributed by atoms with Crippen molar-refractivity contribution in [1.29, 1.82) is 0 Å². The van der Waals surface area contributed by atoms with E-state index >= 15 is 0 Å². The molecule has 0 spiro atoms. The first-order valence-electron chi connectivity index (χ1n) is 5.80. The van der Waals surface area contributed by atoms with Crippen LogP contribution >= 0.6 is 0 Å². The van der Waals surface area contributed by atoms with Crippen molar-refractivity contribution in [2.45, 2.75) is 32.2 Å². The first-order chi connectivity index (χ1) is 7.20. The molecule has 0 radical (unpaired) electrons. The van der Waals surface area contributed by atoms with Crippen LogP contribution in [0, 0.1) is 0 Å². The molecule has 1 rings (SSSR count). The zero-order valence-corrected chi connectivity index (χ0v) is 9.78. The summed E-state index contributed by atoms with van der Waals surface area (Å²) in [7, 11) is 1.76. The Morgan fingerprint density at radius 2 is 2.27 bits per heavy atom. The van der Waals surface area contributed by atoms with Crippen LogP contribution in [0.15, 0.2) is 0 Å². The van der Waals surface area contributed by atoms with Crippen molar-refractivity contribution < 1.29 is 9.90 Å². The number of piperidine rings is 1. The van der Waals surface area contributed by atoms with Gasteiger partial charge in [0.15, 0.2) is 0 Å². The maximum absolute atomic E-state index is 12.0. The molecule has 1 unspecified atom stereocenters. The lowest BCUT2D eigenvalue weighted by Gasteiger charge is -2.35. The van der Waals surface area contributed by atoms with Gasteiger partial charge in [-0.25, -0.2) is 0 Å². The van der Waals surface area contributed by atoms with Crippen LogP contribution in [0.25, 0.3) is 0 Å². The van der Waals surface area contributed by atoms with E-state index in [1.807, 2.05) is 0 Å². The number of aliphatic hydroxyl groups is 1. The van der Waals surface area contributed by atoms with E-state index in [1.165, 1.54) is 6.42 Å². The average molecular weight is 214 g/mol. The maximum Gasteiger partial charge on any atom is 0.239 e. The third kappa shape index (κ3) is 3.18. The number of carbonyl (C=O) groups is 1. The molecular weight excluding hydrogens is 192 g/mol. The van der Waals surface area contributed by atoms with Crippen LogP contribution in [0.1, 0.15) is 26.2 Å². The monoisotopic (exact) mass is 214 g/mol. The molecule has 88 valence electrons. The third-order valence-electron chi connectivity index (χ3n) is 3.12. The summed E-state index contributed by atoms with van der Waals surface area (Å²) in [4.78, 5) is 15.9. The highest BCUT2D eigenvalue weighted by molar-refractivity contribution is 5.81. The summed E-state index contributed by atoms with van der Waals surface area (Å²) in [5.74, 6) is 0.158. The Hall–Kier alpha value is -0.610. The topological polar surface area (TPSA) is 43.8 Å². The van der Waals surface area contributed by atoms with Gasteiger partial charge >= 0.3 is 0 Å². The van der Waals surface area contributed by atoms with Gasteiger partial charge in [0.1, 0.15) is 0 Å². The van der Waals surface area contributed by atoms with Crippen molar-refractivity contribution >= 4 is 5.91 Å². The number of likely N-dealkylation sites (N-methyl/N-ethyl adjacent to an activating group) is 2. The van der Waals surface area contributed by atoms with Crippen molar-refractivity contribution in [3.63, 3.8) is 0 Å². The molecule has 15 heavy (non-hydrogen) atoms. The van der Waals surface area contributed by atoms with Crippen LogP contribution in [-0.2, 0) is 4.79 Å². The molecule has 0 aromatic rings. The van der Waals surface area contributed by atoms with E-state index in [1.54, 1.807) is 11.9 Å². The molecule has 1 fully saturated rings. The molecule has 1 atom stereocenters. The van der Waals surface area contributed by atoms with Gasteiger partial charge in [-0.2, -0.15) is 0 Å². The summed E-state index contributed by atoms with van der Waals surface area (Å²) < 4.78 is 0. The molecular formula is C11H22N2O2. The van der Waals surface area contributed by atoms with Gasteiger partial charge in [0, 0.05) is 13.6 Å². The van der Waals surface area contributed by atoms with E-state index < -0.39 is 0 Å². The van der Waals surface area contributed by atoms with Crippen molar-refractivity contribution in [2.75, 3.05) is 33.3 Å². The summed E-state index contributed by atoms with van der Waals surface area (Å²) in [6.45, 7) is 4.54. The number of carbonyl (C=O) groups excluding carboxylic acids is 1. The van der Waals surface area contributed by atoms with Gasteiger partial charge in [0.25, 0.3) is 0 Å². The van der Waals surface area contributed by atoms with Crippen LogP contribution in [0.5, 0.6) is 0 Å². The van der Waals surface area contributed by atoms with Crippen LogP contribution in [0.2, 0.25) is 0 Å². The van der Waals surface area contributed by atoms with Crippen molar-refractivity contribution in [3.8, 4) is 0 Å². The van der Waals surface area contributed by atoms with Gasteiger partial charge in [-0.15, -0.1) is 0 Å². The van der Waals surface area contributed by atoms with Crippen LogP contribution in [0.4, 0.5) is 0 Å². The number of amides is 1. The second-order valence-corrected chi connectivity index (χ2v) is 4.12.